The van der Waals surface area contributed by atoms with Crippen molar-refractivity contribution in [3.63, 3.8) is 0 Å². The van der Waals surface area contributed by atoms with E-state index < -0.39 is 36.0 Å². The average molecular weight is 414 g/mol. The third-order valence-corrected chi connectivity index (χ3v) is 5.43. The molecule has 0 unspecified atom stereocenters. The van der Waals surface area contributed by atoms with Gasteiger partial charge in [-0.15, -0.1) is 0 Å². The summed E-state index contributed by atoms with van der Waals surface area (Å²) in [7, 11) is 0. The third-order valence-electron chi connectivity index (χ3n) is 4.61. The Morgan fingerprint density at radius 1 is 1.19 bits per heavy atom. The van der Waals surface area contributed by atoms with Crippen LogP contribution in [0.2, 0.25) is 10.0 Å². The van der Waals surface area contributed by atoms with Gasteiger partial charge >= 0.3 is 12.0 Å². The number of urea groups is 1. The van der Waals surface area contributed by atoms with Crippen LogP contribution < -0.4 is 10.7 Å². The molecule has 0 radical (unpaired) electrons. The van der Waals surface area contributed by atoms with Gasteiger partial charge in [-0.25, -0.2) is 9.59 Å². The van der Waals surface area contributed by atoms with Crippen molar-refractivity contribution in [1.82, 2.24) is 15.8 Å². The van der Waals surface area contributed by atoms with E-state index in [1.807, 2.05) is 0 Å². The van der Waals surface area contributed by atoms with Crippen LogP contribution in [0.15, 0.2) is 18.2 Å². The van der Waals surface area contributed by atoms with Crippen LogP contribution in [0.3, 0.4) is 0 Å². The predicted octanol–water partition coefficient (Wildman–Crippen LogP) is 2.44. The summed E-state index contributed by atoms with van der Waals surface area (Å²) in [6, 6.07) is 3.73. The highest BCUT2D eigenvalue weighted by Gasteiger charge is 2.52. The Balaban J connectivity index is 1.58. The highest BCUT2D eigenvalue weighted by Crippen LogP contribution is 2.33. The maximum Gasteiger partial charge on any atom is 0.344 e. The maximum atomic E-state index is 12.6. The first-order chi connectivity index (χ1) is 12.8. The van der Waals surface area contributed by atoms with Crippen LogP contribution in [0.25, 0.3) is 0 Å². The van der Waals surface area contributed by atoms with E-state index in [1.54, 1.807) is 0 Å². The van der Waals surface area contributed by atoms with Crippen molar-refractivity contribution in [2.75, 3.05) is 6.61 Å². The Bertz CT molecular complexity index is 808. The summed E-state index contributed by atoms with van der Waals surface area (Å²) in [5, 5.41) is 3.49. The molecular weight excluding hydrogens is 397 g/mol. The number of hydrogen-bond acceptors (Lipinski definition) is 5. The number of imide groups is 1. The lowest BCUT2D eigenvalue weighted by atomic mass is 9.82. The number of rotatable bonds is 4. The molecule has 0 bridgehead atoms. The van der Waals surface area contributed by atoms with Gasteiger partial charge in [0.2, 0.25) is 0 Å². The molecule has 2 fully saturated rings. The second kappa shape index (κ2) is 7.74. The van der Waals surface area contributed by atoms with E-state index in [-0.39, 0.29) is 15.6 Å². The normalized spacial score (nSPS) is 18.4. The molecule has 1 aliphatic heterocycles. The topological polar surface area (TPSA) is 105 Å². The molecule has 1 spiro atoms. The van der Waals surface area contributed by atoms with Gasteiger partial charge < -0.3 is 10.1 Å². The van der Waals surface area contributed by atoms with E-state index in [2.05, 4.69) is 10.7 Å². The number of amides is 4. The SMILES string of the molecule is O=C(COC(=O)c1cccc(Cl)c1Cl)NN1C(=O)NC2(CCCCC2)C1=O. The molecule has 1 aromatic rings. The Hall–Kier alpha value is -2.32. The molecule has 27 heavy (non-hydrogen) atoms. The van der Waals surface area contributed by atoms with Gasteiger partial charge in [-0.1, -0.05) is 48.5 Å². The average Bonchev–Trinajstić information content (AvgIpc) is 2.86. The second-order valence-corrected chi connectivity index (χ2v) is 7.21. The Labute approximate surface area is 165 Å². The van der Waals surface area contributed by atoms with Crippen molar-refractivity contribution >= 4 is 47.0 Å². The van der Waals surface area contributed by atoms with Gasteiger partial charge in [0.1, 0.15) is 5.54 Å². The van der Waals surface area contributed by atoms with Crippen molar-refractivity contribution in [2.24, 2.45) is 0 Å². The van der Waals surface area contributed by atoms with Gasteiger partial charge in [-0.3, -0.25) is 15.0 Å². The molecule has 10 heteroatoms. The van der Waals surface area contributed by atoms with Crippen LogP contribution in [-0.2, 0) is 14.3 Å². The van der Waals surface area contributed by atoms with Crippen LogP contribution in [0.5, 0.6) is 0 Å². The number of esters is 1. The Kier molecular flexibility index (Phi) is 5.57. The molecule has 4 amide bonds. The number of nitrogens with one attached hydrogen (secondary N) is 2. The number of nitrogens with zero attached hydrogens (tertiary/aromatic N) is 1. The van der Waals surface area contributed by atoms with Crippen molar-refractivity contribution in [3.8, 4) is 0 Å². The molecule has 144 valence electrons. The summed E-state index contributed by atoms with van der Waals surface area (Å²) in [4.78, 5) is 48.7. The molecule has 1 saturated carbocycles. The van der Waals surface area contributed by atoms with Crippen molar-refractivity contribution in [1.29, 1.82) is 0 Å². The molecular formula is C17H17Cl2N3O5. The van der Waals surface area contributed by atoms with Crippen molar-refractivity contribution in [3.05, 3.63) is 33.8 Å². The largest absolute Gasteiger partial charge is 0.452 e. The summed E-state index contributed by atoms with van der Waals surface area (Å²) in [5.74, 6) is -2.17. The molecule has 2 N–H and O–H groups in total. The van der Waals surface area contributed by atoms with E-state index >= 15 is 0 Å². The van der Waals surface area contributed by atoms with Crippen molar-refractivity contribution in [2.45, 2.75) is 37.6 Å². The lowest BCUT2D eigenvalue weighted by Gasteiger charge is -2.30. The second-order valence-electron chi connectivity index (χ2n) is 6.43. The number of carbonyl (C=O) groups excluding carboxylic acids is 4. The predicted molar refractivity (Wildman–Crippen MR) is 96.1 cm³/mol. The standard InChI is InChI=1S/C17H17Cl2N3O5/c18-11-6-4-5-10(13(11)19)14(24)27-9-12(23)21-22-15(25)17(20-16(22)26)7-2-1-3-8-17/h4-6H,1-3,7-9H2,(H,20,26)(H,21,23). The van der Waals surface area contributed by atoms with Gasteiger partial charge in [0.15, 0.2) is 6.61 Å². The minimum absolute atomic E-state index is 0.00752. The van der Waals surface area contributed by atoms with Crippen LogP contribution in [0, 0.1) is 0 Å². The first-order valence-electron chi connectivity index (χ1n) is 8.41. The highest BCUT2D eigenvalue weighted by molar-refractivity contribution is 6.43. The molecule has 1 aliphatic carbocycles. The maximum absolute atomic E-state index is 12.6. The van der Waals surface area contributed by atoms with E-state index in [0.717, 1.165) is 19.3 Å². The van der Waals surface area contributed by atoms with Gasteiger partial charge in [0, 0.05) is 0 Å². The minimum atomic E-state index is -0.951. The van der Waals surface area contributed by atoms with Gasteiger partial charge in [0.05, 0.1) is 15.6 Å². The van der Waals surface area contributed by atoms with E-state index in [9.17, 15) is 19.2 Å². The summed E-state index contributed by atoms with van der Waals surface area (Å²) >= 11 is 11.8. The van der Waals surface area contributed by atoms with Crippen LogP contribution in [0.1, 0.15) is 42.5 Å². The van der Waals surface area contributed by atoms with E-state index in [1.165, 1.54) is 18.2 Å². The zero-order valence-electron chi connectivity index (χ0n) is 14.2. The van der Waals surface area contributed by atoms with Gasteiger partial charge in [0.25, 0.3) is 11.8 Å². The Morgan fingerprint density at radius 3 is 2.59 bits per heavy atom. The Morgan fingerprint density at radius 2 is 1.89 bits per heavy atom. The van der Waals surface area contributed by atoms with Crippen LogP contribution >= 0.6 is 23.2 Å². The zero-order valence-corrected chi connectivity index (χ0v) is 15.7. The lowest BCUT2D eigenvalue weighted by Crippen LogP contribution is -2.51. The van der Waals surface area contributed by atoms with Gasteiger partial charge in [-0.05, 0) is 25.0 Å². The molecule has 0 atom stereocenters. The first-order valence-corrected chi connectivity index (χ1v) is 9.17. The third kappa shape index (κ3) is 3.86. The summed E-state index contributed by atoms with van der Waals surface area (Å²) in [6.45, 7) is -0.689. The molecule has 8 nitrogen and oxygen atoms in total. The fraction of sp³-hybridized carbons (Fsp3) is 0.412. The number of hydrazine groups is 1. The number of ether oxygens (including phenoxy) is 1. The summed E-state index contributed by atoms with van der Waals surface area (Å²) < 4.78 is 4.88. The molecule has 1 saturated heterocycles. The monoisotopic (exact) mass is 413 g/mol. The van der Waals surface area contributed by atoms with Crippen LogP contribution in [0.4, 0.5) is 4.79 Å². The fourth-order valence-corrected chi connectivity index (χ4v) is 3.62. The zero-order chi connectivity index (χ0) is 19.6. The molecule has 1 heterocycles. The van der Waals surface area contributed by atoms with E-state index in [4.69, 9.17) is 27.9 Å². The minimum Gasteiger partial charge on any atom is -0.452 e. The molecule has 2 aliphatic rings. The number of carbonyl (C=O) groups is 4. The number of hydrogen-bond donors (Lipinski definition) is 2. The number of halogens is 2. The molecule has 0 aromatic heterocycles. The van der Waals surface area contributed by atoms with Crippen LogP contribution in [-0.4, -0.2) is 41.0 Å². The summed E-state index contributed by atoms with van der Waals surface area (Å²) in [5.41, 5.74) is 1.24. The molecule has 3 rings (SSSR count). The fourth-order valence-electron chi connectivity index (χ4n) is 3.24. The van der Waals surface area contributed by atoms with Gasteiger partial charge in [-0.2, -0.15) is 5.01 Å². The summed E-state index contributed by atoms with van der Waals surface area (Å²) in [6.07, 6.45) is 3.72. The quantitative estimate of drug-likeness (QED) is 0.582. The smallest absolute Gasteiger partial charge is 0.344 e. The van der Waals surface area contributed by atoms with Crippen molar-refractivity contribution < 1.29 is 23.9 Å². The molecule has 1 aromatic carbocycles. The lowest BCUT2D eigenvalue weighted by molar-refractivity contribution is -0.140. The van der Waals surface area contributed by atoms with E-state index in [0.29, 0.717) is 17.9 Å². The number of benzene rings is 1. The highest BCUT2D eigenvalue weighted by atomic mass is 35.5. The first kappa shape index (κ1) is 19.4.